The topological polar surface area (TPSA) is 101 Å². The van der Waals surface area contributed by atoms with Crippen LogP contribution in [0.4, 0.5) is 5.69 Å². The highest BCUT2D eigenvalue weighted by molar-refractivity contribution is 5.99. The van der Waals surface area contributed by atoms with E-state index < -0.39 is 11.8 Å². The zero-order valence-corrected chi connectivity index (χ0v) is 12.3. The van der Waals surface area contributed by atoms with E-state index in [0.29, 0.717) is 17.2 Å². The minimum atomic E-state index is -0.568. The van der Waals surface area contributed by atoms with E-state index in [-0.39, 0.29) is 0 Å². The number of carbonyl (C=O) groups excluding carboxylic acids is 2. The van der Waals surface area contributed by atoms with Gasteiger partial charge in [-0.05, 0) is 57.6 Å². The average Bonchev–Trinajstić information content (AvgIpc) is 2.63. The molecule has 0 spiro atoms. The highest BCUT2D eigenvalue weighted by Crippen LogP contribution is 2.19. The number of nitrogens with two attached hydrogens (primary N) is 2. The fourth-order valence-electron chi connectivity index (χ4n) is 2.62. The molecule has 1 aliphatic heterocycles. The first-order chi connectivity index (χ1) is 9.95. The zero-order chi connectivity index (χ0) is 15.4. The van der Waals surface area contributed by atoms with E-state index >= 15 is 0 Å². The van der Waals surface area contributed by atoms with Crippen molar-refractivity contribution in [1.29, 1.82) is 0 Å². The van der Waals surface area contributed by atoms with E-state index in [1.165, 1.54) is 6.07 Å². The third-order valence-corrected chi connectivity index (χ3v) is 3.82. The highest BCUT2D eigenvalue weighted by Gasteiger charge is 2.16. The summed E-state index contributed by atoms with van der Waals surface area (Å²) in [5, 5.41) is 3.39. The van der Waals surface area contributed by atoms with Gasteiger partial charge < -0.3 is 21.7 Å². The fraction of sp³-hybridized carbons (Fsp3) is 0.467. The summed E-state index contributed by atoms with van der Waals surface area (Å²) in [5.74, 6) is -1.14. The normalized spacial score (nSPS) is 19.8. The number of nitrogens with one attached hydrogen (secondary N) is 1. The summed E-state index contributed by atoms with van der Waals surface area (Å²) in [6, 6.07) is 5.09. The van der Waals surface area contributed by atoms with E-state index in [2.05, 4.69) is 17.3 Å². The van der Waals surface area contributed by atoms with Gasteiger partial charge in [-0.25, -0.2) is 0 Å². The molecular weight excluding hydrogens is 268 g/mol. The summed E-state index contributed by atoms with van der Waals surface area (Å²) in [5.41, 5.74) is 11.9. The first-order valence-corrected chi connectivity index (χ1v) is 7.15. The minimum Gasteiger partial charge on any atom is -0.382 e. The van der Waals surface area contributed by atoms with Crippen molar-refractivity contribution < 1.29 is 9.59 Å². The van der Waals surface area contributed by atoms with Crippen LogP contribution in [0.15, 0.2) is 18.2 Å². The van der Waals surface area contributed by atoms with Crippen LogP contribution in [0.5, 0.6) is 0 Å². The van der Waals surface area contributed by atoms with Crippen LogP contribution in [0.3, 0.4) is 0 Å². The molecule has 0 aromatic heterocycles. The van der Waals surface area contributed by atoms with E-state index in [0.717, 1.165) is 38.0 Å². The van der Waals surface area contributed by atoms with Gasteiger partial charge in [0.25, 0.3) is 0 Å². The highest BCUT2D eigenvalue weighted by atomic mass is 16.1. The Balaban J connectivity index is 2.18. The quantitative estimate of drug-likeness (QED) is 0.762. The van der Waals surface area contributed by atoms with Crippen molar-refractivity contribution in [2.24, 2.45) is 11.5 Å². The number of primary amides is 2. The molecule has 0 bridgehead atoms. The molecule has 21 heavy (non-hydrogen) atoms. The van der Waals surface area contributed by atoms with Gasteiger partial charge in [0.2, 0.25) is 11.8 Å². The Morgan fingerprint density at radius 1 is 1.10 bits per heavy atom. The van der Waals surface area contributed by atoms with E-state index in [1.807, 2.05) is 0 Å². The molecule has 0 saturated carbocycles. The number of amides is 2. The van der Waals surface area contributed by atoms with E-state index in [1.54, 1.807) is 12.1 Å². The molecule has 114 valence electrons. The molecule has 1 heterocycles. The Labute approximate surface area is 124 Å². The largest absolute Gasteiger partial charge is 0.382 e. The Morgan fingerprint density at radius 2 is 1.71 bits per heavy atom. The monoisotopic (exact) mass is 290 g/mol. The molecule has 0 aliphatic carbocycles. The number of likely N-dealkylation sites (tertiary alicyclic amines) is 1. The molecule has 5 N–H and O–H groups in total. The van der Waals surface area contributed by atoms with Crippen LogP contribution in [-0.2, 0) is 0 Å². The second-order valence-electron chi connectivity index (χ2n) is 5.60. The Bertz CT molecular complexity index is 512. The SMILES string of the molecule is CN1CCCC(Nc2cc(C(N)=O)cc(C(N)=O)c2)CC1. The van der Waals surface area contributed by atoms with E-state index in [4.69, 9.17) is 11.5 Å². The van der Waals surface area contributed by atoms with Gasteiger partial charge in [0.05, 0.1) is 0 Å². The van der Waals surface area contributed by atoms with Crippen LogP contribution < -0.4 is 16.8 Å². The second-order valence-corrected chi connectivity index (χ2v) is 5.60. The smallest absolute Gasteiger partial charge is 0.248 e. The minimum absolute atomic E-state index is 0.291. The molecule has 1 atom stereocenters. The predicted molar refractivity (Wildman–Crippen MR) is 82.2 cm³/mol. The number of anilines is 1. The Hall–Kier alpha value is -2.08. The van der Waals surface area contributed by atoms with Crippen molar-refractivity contribution in [3.8, 4) is 0 Å². The van der Waals surface area contributed by atoms with Crippen LogP contribution in [0.25, 0.3) is 0 Å². The van der Waals surface area contributed by atoms with Crippen molar-refractivity contribution in [3.05, 3.63) is 29.3 Å². The van der Waals surface area contributed by atoms with Gasteiger partial charge in [-0.3, -0.25) is 9.59 Å². The first-order valence-electron chi connectivity index (χ1n) is 7.15. The molecule has 1 unspecified atom stereocenters. The molecule has 1 aromatic rings. The molecule has 0 radical (unpaired) electrons. The van der Waals surface area contributed by atoms with Crippen LogP contribution in [0.1, 0.15) is 40.0 Å². The molecule has 1 aromatic carbocycles. The molecule has 1 fully saturated rings. The maximum atomic E-state index is 11.4. The standard InChI is InChI=1S/C15H22N4O2/c1-19-5-2-3-12(4-6-19)18-13-8-10(14(16)20)7-11(9-13)15(17)21/h7-9,12,18H,2-6H2,1H3,(H2,16,20)(H2,17,21). The van der Waals surface area contributed by atoms with Gasteiger partial charge in [0, 0.05) is 22.9 Å². The summed E-state index contributed by atoms with van der Waals surface area (Å²) in [4.78, 5) is 25.0. The molecular formula is C15H22N4O2. The molecule has 2 amide bonds. The second kappa shape index (κ2) is 6.58. The molecule has 1 saturated heterocycles. The lowest BCUT2D eigenvalue weighted by Crippen LogP contribution is -2.23. The number of benzene rings is 1. The lowest BCUT2D eigenvalue weighted by atomic mass is 10.1. The van der Waals surface area contributed by atoms with Gasteiger partial charge >= 0.3 is 0 Å². The summed E-state index contributed by atoms with van der Waals surface area (Å²) >= 11 is 0. The van der Waals surface area contributed by atoms with E-state index in [9.17, 15) is 9.59 Å². The number of hydrogen-bond acceptors (Lipinski definition) is 4. The van der Waals surface area contributed by atoms with Crippen molar-refractivity contribution in [3.63, 3.8) is 0 Å². The van der Waals surface area contributed by atoms with Gasteiger partial charge in [0.15, 0.2) is 0 Å². The number of hydrogen-bond donors (Lipinski definition) is 3. The van der Waals surface area contributed by atoms with Crippen LogP contribution in [-0.4, -0.2) is 42.9 Å². The average molecular weight is 290 g/mol. The summed E-state index contributed by atoms with van der Waals surface area (Å²) in [6.07, 6.45) is 3.19. The van der Waals surface area contributed by atoms with Crippen molar-refractivity contribution in [2.45, 2.75) is 25.3 Å². The van der Waals surface area contributed by atoms with Crippen LogP contribution >= 0.6 is 0 Å². The van der Waals surface area contributed by atoms with Gasteiger partial charge in [0.1, 0.15) is 0 Å². The van der Waals surface area contributed by atoms with Crippen LogP contribution in [0.2, 0.25) is 0 Å². The van der Waals surface area contributed by atoms with Crippen molar-refractivity contribution in [2.75, 3.05) is 25.5 Å². The third-order valence-electron chi connectivity index (χ3n) is 3.82. The maximum absolute atomic E-state index is 11.4. The first kappa shape index (κ1) is 15.3. The van der Waals surface area contributed by atoms with Crippen LogP contribution in [0, 0.1) is 0 Å². The summed E-state index contributed by atoms with van der Waals surface area (Å²) in [7, 11) is 2.11. The Kier molecular flexibility index (Phi) is 4.80. The fourth-order valence-corrected chi connectivity index (χ4v) is 2.62. The molecule has 6 nitrogen and oxygen atoms in total. The lowest BCUT2D eigenvalue weighted by molar-refractivity contribution is 0.0999. The maximum Gasteiger partial charge on any atom is 0.248 e. The number of nitrogens with zero attached hydrogens (tertiary/aromatic N) is 1. The van der Waals surface area contributed by atoms with Gasteiger partial charge in [-0.2, -0.15) is 0 Å². The molecule has 2 rings (SSSR count). The number of carbonyl (C=O) groups is 2. The molecule has 6 heteroatoms. The molecule has 1 aliphatic rings. The summed E-state index contributed by atoms with van der Waals surface area (Å²) in [6.45, 7) is 2.11. The lowest BCUT2D eigenvalue weighted by Gasteiger charge is -2.19. The zero-order valence-electron chi connectivity index (χ0n) is 12.3. The van der Waals surface area contributed by atoms with Crippen molar-refractivity contribution in [1.82, 2.24) is 4.90 Å². The Morgan fingerprint density at radius 3 is 2.29 bits per heavy atom. The van der Waals surface area contributed by atoms with Gasteiger partial charge in [-0.15, -0.1) is 0 Å². The third kappa shape index (κ3) is 4.19. The predicted octanol–water partition coefficient (Wildman–Crippen LogP) is 0.781. The van der Waals surface area contributed by atoms with Crippen molar-refractivity contribution >= 4 is 17.5 Å². The van der Waals surface area contributed by atoms with Gasteiger partial charge in [-0.1, -0.05) is 0 Å². The number of rotatable bonds is 4. The summed E-state index contributed by atoms with van der Waals surface area (Å²) < 4.78 is 0.